The molecular formula is C26H34N2O2. The van der Waals surface area contributed by atoms with E-state index < -0.39 is 5.60 Å². The molecule has 0 bridgehead atoms. The van der Waals surface area contributed by atoms with Gasteiger partial charge in [-0.25, -0.2) is 0 Å². The molecule has 4 rings (SSSR count). The first-order chi connectivity index (χ1) is 14.3. The average Bonchev–Trinajstić information content (AvgIpc) is 3.10. The quantitative estimate of drug-likeness (QED) is 0.608. The molecule has 1 aliphatic rings. The second kappa shape index (κ2) is 8.44. The molecule has 1 fully saturated rings. The van der Waals surface area contributed by atoms with Crippen LogP contribution in [0.25, 0.3) is 10.9 Å². The summed E-state index contributed by atoms with van der Waals surface area (Å²) >= 11 is 0. The zero-order chi connectivity index (χ0) is 21.3. The number of aromatic nitrogens is 1. The zero-order valence-corrected chi connectivity index (χ0v) is 18.7. The van der Waals surface area contributed by atoms with Crippen molar-refractivity contribution >= 4 is 10.9 Å². The molecule has 3 aromatic rings. The highest BCUT2D eigenvalue weighted by atomic mass is 16.5. The number of nitrogens with zero attached hydrogens (tertiary/aromatic N) is 2. The summed E-state index contributed by atoms with van der Waals surface area (Å²) in [6.07, 6.45) is 3.78. The molecule has 2 heterocycles. The van der Waals surface area contributed by atoms with Gasteiger partial charge < -0.3 is 14.4 Å². The Morgan fingerprint density at radius 1 is 1.03 bits per heavy atom. The number of likely N-dealkylation sites (tertiary alicyclic amines) is 1. The second-order valence-electron chi connectivity index (χ2n) is 9.21. The molecule has 0 atom stereocenters. The monoisotopic (exact) mass is 406 g/mol. The lowest BCUT2D eigenvalue weighted by molar-refractivity contribution is -0.0536. The maximum atomic E-state index is 11.0. The van der Waals surface area contributed by atoms with Gasteiger partial charge in [0.15, 0.2) is 0 Å². The van der Waals surface area contributed by atoms with Crippen LogP contribution in [0.5, 0.6) is 5.75 Å². The summed E-state index contributed by atoms with van der Waals surface area (Å²) in [6, 6.07) is 15.2. The maximum absolute atomic E-state index is 11.0. The lowest BCUT2D eigenvalue weighted by atomic mass is 9.92. The number of para-hydroxylation sites is 1. The van der Waals surface area contributed by atoms with E-state index in [1.807, 2.05) is 6.07 Å². The van der Waals surface area contributed by atoms with E-state index in [4.69, 9.17) is 4.74 Å². The van der Waals surface area contributed by atoms with Crippen LogP contribution in [0.1, 0.15) is 49.4 Å². The Balaban J connectivity index is 1.37. The summed E-state index contributed by atoms with van der Waals surface area (Å²) in [7, 11) is 0. The topological polar surface area (TPSA) is 37.6 Å². The van der Waals surface area contributed by atoms with Gasteiger partial charge in [-0.05, 0) is 75.4 Å². The van der Waals surface area contributed by atoms with E-state index in [1.54, 1.807) is 0 Å². The van der Waals surface area contributed by atoms with Gasteiger partial charge in [0.1, 0.15) is 18.0 Å². The van der Waals surface area contributed by atoms with Gasteiger partial charge in [-0.2, -0.15) is 0 Å². The van der Waals surface area contributed by atoms with Gasteiger partial charge >= 0.3 is 0 Å². The lowest BCUT2D eigenvalue weighted by Gasteiger charge is -2.37. The number of benzene rings is 2. The summed E-state index contributed by atoms with van der Waals surface area (Å²) in [5.41, 5.74) is 4.40. The molecule has 0 amide bonds. The predicted octanol–water partition coefficient (Wildman–Crippen LogP) is 5.24. The fourth-order valence-electron chi connectivity index (χ4n) is 4.36. The fourth-order valence-corrected chi connectivity index (χ4v) is 4.36. The molecule has 160 valence electrons. The number of aliphatic hydroxyl groups is 1. The normalized spacial score (nSPS) is 17.0. The molecule has 1 N–H and O–H groups in total. The number of fused-ring (bicyclic) bond motifs is 1. The van der Waals surface area contributed by atoms with Crippen LogP contribution in [0.4, 0.5) is 0 Å². The van der Waals surface area contributed by atoms with Crippen LogP contribution < -0.4 is 4.74 Å². The van der Waals surface area contributed by atoms with Crippen molar-refractivity contribution in [2.45, 2.75) is 58.7 Å². The fraction of sp³-hybridized carbons (Fsp3) is 0.462. The van der Waals surface area contributed by atoms with E-state index in [-0.39, 0.29) is 0 Å². The first kappa shape index (κ1) is 21.0. The Hall–Kier alpha value is -2.30. The molecule has 0 aliphatic carbocycles. The maximum Gasteiger partial charge on any atom is 0.119 e. The van der Waals surface area contributed by atoms with E-state index in [1.165, 1.54) is 27.6 Å². The predicted molar refractivity (Wildman–Crippen MR) is 123 cm³/mol. The van der Waals surface area contributed by atoms with Crippen molar-refractivity contribution in [3.8, 4) is 5.75 Å². The zero-order valence-electron chi connectivity index (χ0n) is 18.7. The SMILES string of the molecule is Cc1ccc(OCC2(O)CCN(Cc3cn(C(C)C)c4ccccc34)CC2)cc1C. The molecule has 0 spiro atoms. The van der Waals surface area contributed by atoms with Crippen molar-refractivity contribution in [1.29, 1.82) is 0 Å². The molecule has 4 heteroatoms. The van der Waals surface area contributed by atoms with Crippen LogP contribution in [-0.4, -0.2) is 39.9 Å². The molecule has 0 saturated carbocycles. The summed E-state index contributed by atoms with van der Waals surface area (Å²) in [5, 5.41) is 12.4. The third-order valence-corrected chi connectivity index (χ3v) is 6.55. The highest BCUT2D eigenvalue weighted by Crippen LogP contribution is 2.29. The van der Waals surface area contributed by atoms with Gasteiger partial charge in [-0.15, -0.1) is 0 Å². The Kier molecular flexibility index (Phi) is 5.90. The van der Waals surface area contributed by atoms with Crippen molar-refractivity contribution in [2.24, 2.45) is 0 Å². The van der Waals surface area contributed by atoms with Crippen molar-refractivity contribution in [3.63, 3.8) is 0 Å². The van der Waals surface area contributed by atoms with Crippen LogP contribution in [0.2, 0.25) is 0 Å². The summed E-state index contributed by atoms with van der Waals surface area (Å²) in [5.74, 6) is 0.843. The van der Waals surface area contributed by atoms with Crippen LogP contribution in [0, 0.1) is 13.8 Å². The molecule has 1 saturated heterocycles. The van der Waals surface area contributed by atoms with Gasteiger partial charge in [0.25, 0.3) is 0 Å². The van der Waals surface area contributed by atoms with Crippen molar-refractivity contribution < 1.29 is 9.84 Å². The Morgan fingerprint density at radius 2 is 1.77 bits per heavy atom. The third-order valence-electron chi connectivity index (χ3n) is 6.55. The Morgan fingerprint density at radius 3 is 2.47 bits per heavy atom. The van der Waals surface area contributed by atoms with Crippen LogP contribution in [0.15, 0.2) is 48.7 Å². The molecule has 4 nitrogen and oxygen atoms in total. The highest BCUT2D eigenvalue weighted by molar-refractivity contribution is 5.84. The number of hydrogen-bond acceptors (Lipinski definition) is 3. The van der Waals surface area contributed by atoms with Gasteiger partial charge in [-0.1, -0.05) is 24.3 Å². The van der Waals surface area contributed by atoms with Gasteiger partial charge in [0, 0.05) is 42.8 Å². The van der Waals surface area contributed by atoms with Crippen molar-refractivity contribution in [2.75, 3.05) is 19.7 Å². The van der Waals surface area contributed by atoms with E-state index >= 15 is 0 Å². The number of aryl methyl sites for hydroxylation is 2. The molecule has 0 radical (unpaired) electrons. The third kappa shape index (κ3) is 4.40. The van der Waals surface area contributed by atoms with Crippen molar-refractivity contribution in [1.82, 2.24) is 9.47 Å². The van der Waals surface area contributed by atoms with Gasteiger partial charge in [0.05, 0.1) is 0 Å². The summed E-state index contributed by atoms with van der Waals surface area (Å²) < 4.78 is 8.32. The van der Waals surface area contributed by atoms with Gasteiger partial charge in [0.2, 0.25) is 0 Å². The Labute approximate surface area is 180 Å². The van der Waals surface area contributed by atoms with Crippen LogP contribution in [0.3, 0.4) is 0 Å². The van der Waals surface area contributed by atoms with E-state index in [0.29, 0.717) is 12.6 Å². The number of piperidine rings is 1. The molecule has 30 heavy (non-hydrogen) atoms. The number of rotatable bonds is 6. The summed E-state index contributed by atoms with van der Waals surface area (Å²) in [6.45, 7) is 11.7. The molecular weight excluding hydrogens is 372 g/mol. The minimum absolute atomic E-state index is 0.357. The number of hydrogen-bond donors (Lipinski definition) is 1. The molecule has 0 unspecified atom stereocenters. The second-order valence-corrected chi connectivity index (χ2v) is 9.21. The number of ether oxygens (including phenoxy) is 1. The molecule has 2 aromatic carbocycles. The largest absolute Gasteiger partial charge is 0.491 e. The van der Waals surface area contributed by atoms with Crippen LogP contribution >= 0.6 is 0 Å². The Bertz CT molecular complexity index is 1010. The average molecular weight is 407 g/mol. The standard InChI is InChI=1S/C26H34N2O2/c1-19(2)28-17-22(24-7-5-6-8-25(24)28)16-27-13-11-26(29,12-14-27)18-30-23-10-9-20(3)21(4)15-23/h5-10,15,17,19,29H,11-14,16,18H2,1-4H3. The summed E-state index contributed by atoms with van der Waals surface area (Å²) in [4.78, 5) is 2.46. The minimum Gasteiger partial charge on any atom is -0.491 e. The van der Waals surface area contributed by atoms with E-state index in [9.17, 15) is 5.11 Å². The first-order valence-electron chi connectivity index (χ1n) is 11.1. The minimum atomic E-state index is -0.749. The molecule has 1 aromatic heterocycles. The first-order valence-corrected chi connectivity index (χ1v) is 11.1. The van der Waals surface area contributed by atoms with Gasteiger partial charge in [-0.3, -0.25) is 4.90 Å². The lowest BCUT2D eigenvalue weighted by Crippen LogP contribution is -2.47. The van der Waals surface area contributed by atoms with E-state index in [0.717, 1.165) is 38.2 Å². The van der Waals surface area contributed by atoms with E-state index in [2.05, 4.69) is 79.8 Å². The smallest absolute Gasteiger partial charge is 0.119 e. The van der Waals surface area contributed by atoms with Crippen molar-refractivity contribution in [3.05, 3.63) is 65.4 Å². The highest BCUT2D eigenvalue weighted by Gasteiger charge is 2.33. The molecule has 1 aliphatic heterocycles. The van der Waals surface area contributed by atoms with Crippen LogP contribution in [-0.2, 0) is 6.54 Å².